The molecule has 9 nitrogen and oxygen atoms in total. The van der Waals surface area contributed by atoms with Gasteiger partial charge in [0, 0.05) is 66.0 Å². The highest BCUT2D eigenvalue weighted by atomic mass is 35.5. The third-order valence-corrected chi connectivity index (χ3v) is 11.3. The number of aromatic carboxylic acids is 1. The molecule has 6 aromatic rings. The topological polar surface area (TPSA) is 94.5 Å². The zero-order valence-corrected chi connectivity index (χ0v) is 31.6. The van der Waals surface area contributed by atoms with E-state index in [4.69, 9.17) is 44.6 Å². The number of amides is 1. The Morgan fingerprint density at radius 1 is 0.961 bits per heavy atom. The number of rotatable bonds is 8. The molecule has 4 heterocycles. The second-order valence-corrected chi connectivity index (χ2v) is 14.6. The molecule has 7 rings (SSSR count). The van der Waals surface area contributed by atoms with Gasteiger partial charge in [-0.25, -0.2) is 4.79 Å². The highest BCUT2D eigenvalue weighted by Gasteiger charge is 2.34. The first kappa shape index (κ1) is 35.0. The fraction of sp³-hybridized carbons (Fsp3) is 0.308. The molecule has 1 N–H and O–H groups in total. The summed E-state index contributed by atoms with van der Waals surface area (Å²) < 4.78 is 11.9. The number of hydrogen-bond donors (Lipinski definition) is 1. The van der Waals surface area contributed by atoms with Gasteiger partial charge in [-0.2, -0.15) is 5.10 Å². The maximum absolute atomic E-state index is 15.1. The molecule has 0 spiro atoms. The molecule has 12 heteroatoms. The van der Waals surface area contributed by atoms with Crippen molar-refractivity contribution in [3.63, 3.8) is 0 Å². The normalized spacial score (nSPS) is 13.4. The maximum Gasteiger partial charge on any atom is 0.335 e. The standard InChI is InChI=1S/C39H38Cl3N5O4/c1-20-15-25(16-21(2)35(20)42)51-14-7-9-26-27-10-11-28(40)34(32-22(3)43-45(6)23(32)4)36(27)47-13-8-12-46(38(48)37(26)47)31-18-24(39(49)50)17-30-33(31)29(41)19-44(30)5/h10-11,15-19H,7-9,12-14H2,1-6H3,(H,49,50). The minimum Gasteiger partial charge on any atom is -0.494 e. The van der Waals surface area contributed by atoms with E-state index >= 15 is 4.79 Å². The van der Waals surface area contributed by atoms with Gasteiger partial charge < -0.3 is 23.9 Å². The van der Waals surface area contributed by atoms with Crippen molar-refractivity contribution in [2.24, 2.45) is 14.1 Å². The van der Waals surface area contributed by atoms with Gasteiger partial charge in [-0.15, -0.1) is 0 Å². The molecule has 0 aliphatic carbocycles. The Balaban J connectivity index is 1.40. The van der Waals surface area contributed by atoms with E-state index < -0.39 is 5.97 Å². The number of halogens is 3. The molecule has 264 valence electrons. The number of aryl methyl sites for hydroxylation is 7. The Bertz CT molecular complexity index is 2400. The maximum atomic E-state index is 15.1. The minimum atomic E-state index is -1.08. The summed E-state index contributed by atoms with van der Waals surface area (Å²) in [6.45, 7) is 9.24. The third kappa shape index (κ3) is 5.85. The predicted octanol–water partition coefficient (Wildman–Crippen LogP) is 9.49. The Hall–Kier alpha value is -4.44. The lowest BCUT2D eigenvalue weighted by Gasteiger charge is -2.23. The van der Waals surface area contributed by atoms with Gasteiger partial charge in [0.2, 0.25) is 0 Å². The quantitative estimate of drug-likeness (QED) is 0.157. The van der Waals surface area contributed by atoms with Gasteiger partial charge in [-0.05, 0) is 94.0 Å². The highest BCUT2D eigenvalue weighted by molar-refractivity contribution is 6.37. The summed E-state index contributed by atoms with van der Waals surface area (Å²) in [5.74, 6) is -0.565. The average Bonchev–Trinajstić information content (AvgIpc) is 3.60. The molecule has 1 amide bonds. The number of ether oxygens (including phenoxy) is 1. The number of fused-ring (bicyclic) bond motifs is 4. The number of nitrogens with zero attached hydrogens (tertiary/aromatic N) is 5. The van der Waals surface area contributed by atoms with E-state index in [1.54, 1.807) is 27.8 Å². The number of carboxylic acids is 1. The van der Waals surface area contributed by atoms with E-state index in [-0.39, 0.29) is 11.5 Å². The van der Waals surface area contributed by atoms with Crippen molar-refractivity contribution in [2.75, 3.05) is 18.1 Å². The number of carboxylic acid groups (broad SMARTS) is 1. The Kier molecular flexibility index (Phi) is 9.10. The van der Waals surface area contributed by atoms with Crippen LogP contribution in [0.15, 0.2) is 42.6 Å². The van der Waals surface area contributed by atoms with Gasteiger partial charge in [0.1, 0.15) is 11.4 Å². The SMILES string of the molecule is Cc1cc(OCCCc2c3n(c4c(-c5c(C)nn(C)c5C)c(Cl)ccc24)CCCN(c2cc(C(=O)O)cc4c2c(Cl)cn4C)C3=O)cc(C)c1Cl. The van der Waals surface area contributed by atoms with E-state index in [0.717, 1.165) is 60.9 Å². The van der Waals surface area contributed by atoms with Crippen molar-refractivity contribution in [3.8, 4) is 16.9 Å². The number of anilines is 1. The molecule has 0 atom stereocenters. The second-order valence-electron chi connectivity index (χ2n) is 13.4. The lowest BCUT2D eigenvalue weighted by atomic mass is 9.98. The molecule has 1 aliphatic rings. The van der Waals surface area contributed by atoms with Gasteiger partial charge in [-0.1, -0.05) is 40.9 Å². The number of aromatic nitrogens is 4. The van der Waals surface area contributed by atoms with Crippen LogP contribution in [0.1, 0.15) is 61.8 Å². The largest absolute Gasteiger partial charge is 0.494 e. The molecule has 0 saturated carbocycles. The summed E-state index contributed by atoms with van der Waals surface area (Å²) in [7, 11) is 3.72. The highest BCUT2D eigenvalue weighted by Crippen LogP contribution is 2.44. The molecule has 0 unspecified atom stereocenters. The zero-order chi connectivity index (χ0) is 36.5. The molecule has 51 heavy (non-hydrogen) atoms. The number of hydrogen-bond acceptors (Lipinski definition) is 4. The monoisotopic (exact) mass is 745 g/mol. The molecular formula is C39H38Cl3N5O4. The fourth-order valence-corrected chi connectivity index (χ4v) is 8.33. The van der Waals surface area contributed by atoms with Crippen LogP contribution in [0.5, 0.6) is 5.75 Å². The van der Waals surface area contributed by atoms with Crippen LogP contribution >= 0.6 is 34.8 Å². The van der Waals surface area contributed by atoms with Crippen LogP contribution in [-0.4, -0.2) is 49.0 Å². The van der Waals surface area contributed by atoms with Crippen molar-refractivity contribution in [3.05, 3.63) is 97.0 Å². The zero-order valence-electron chi connectivity index (χ0n) is 29.3. The van der Waals surface area contributed by atoms with Crippen LogP contribution in [0.4, 0.5) is 5.69 Å². The first-order valence-corrected chi connectivity index (χ1v) is 18.0. The van der Waals surface area contributed by atoms with E-state index in [0.29, 0.717) is 71.3 Å². The van der Waals surface area contributed by atoms with Crippen molar-refractivity contribution in [1.29, 1.82) is 0 Å². The summed E-state index contributed by atoms with van der Waals surface area (Å²) in [5.41, 5.74) is 8.99. The molecule has 3 aromatic heterocycles. The molecular weight excluding hydrogens is 709 g/mol. The molecule has 0 radical (unpaired) electrons. The van der Waals surface area contributed by atoms with Crippen LogP contribution in [-0.2, 0) is 27.1 Å². The van der Waals surface area contributed by atoms with Gasteiger partial charge in [-0.3, -0.25) is 9.48 Å². The molecule has 3 aromatic carbocycles. The number of benzene rings is 3. The fourth-order valence-electron chi connectivity index (χ4n) is 7.64. The average molecular weight is 747 g/mol. The first-order chi connectivity index (χ1) is 24.3. The first-order valence-electron chi connectivity index (χ1n) is 16.9. The van der Waals surface area contributed by atoms with Crippen LogP contribution in [0.2, 0.25) is 15.1 Å². The summed E-state index contributed by atoms with van der Waals surface area (Å²) in [6.07, 6.45) is 3.53. The van der Waals surface area contributed by atoms with E-state index in [2.05, 4.69) is 4.57 Å². The lowest BCUT2D eigenvalue weighted by Crippen LogP contribution is -2.32. The molecule has 1 aliphatic heterocycles. The minimum absolute atomic E-state index is 0.0783. The Morgan fingerprint density at radius 3 is 2.35 bits per heavy atom. The van der Waals surface area contributed by atoms with Crippen LogP contribution in [0, 0.1) is 27.7 Å². The summed E-state index contributed by atoms with van der Waals surface area (Å²) in [6, 6.07) is 10.9. The van der Waals surface area contributed by atoms with Crippen molar-refractivity contribution in [2.45, 2.75) is 53.5 Å². The third-order valence-electron chi connectivity index (χ3n) is 10.1. The van der Waals surface area contributed by atoms with Crippen molar-refractivity contribution >= 4 is 74.2 Å². The van der Waals surface area contributed by atoms with Crippen molar-refractivity contribution in [1.82, 2.24) is 18.9 Å². The van der Waals surface area contributed by atoms with Crippen molar-refractivity contribution < 1.29 is 19.4 Å². The number of carbonyl (C=O) groups excluding carboxylic acids is 1. The summed E-state index contributed by atoms with van der Waals surface area (Å²) in [5, 5.41) is 18.1. The Labute approximate surface area is 310 Å². The molecule has 0 saturated heterocycles. The van der Waals surface area contributed by atoms with E-state index in [1.165, 1.54) is 0 Å². The van der Waals surface area contributed by atoms with E-state index in [9.17, 15) is 9.90 Å². The van der Waals surface area contributed by atoms with Crippen LogP contribution < -0.4 is 9.64 Å². The summed E-state index contributed by atoms with van der Waals surface area (Å²) >= 11 is 20.2. The van der Waals surface area contributed by atoms with Gasteiger partial charge in [0.15, 0.2) is 0 Å². The van der Waals surface area contributed by atoms with Gasteiger partial charge >= 0.3 is 5.97 Å². The van der Waals surface area contributed by atoms with E-state index in [1.807, 2.05) is 70.7 Å². The molecule has 0 bridgehead atoms. The predicted molar refractivity (Wildman–Crippen MR) is 205 cm³/mol. The second kappa shape index (κ2) is 13.3. The van der Waals surface area contributed by atoms with Gasteiger partial charge in [0.05, 0.1) is 44.6 Å². The summed E-state index contributed by atoms with van der Waals surface area (Å²) in [4.78, 5) is 29.1. The lowest BCUT2D eigenvalue weighted by molar-refractivity contribution is 0.0696. The van der Waals surface area contributed by atoms with Crippen LogP contribution in [0.25, 0.3) is 32.9 Å². The molecule has 0 fully saturated rings. The Morgan fingerprint density at radius 2 is 1.69 bits per heavy atom. The van der Waals surface area contributed by atoms with Gasteiger partial charge in [0.25, 0.3) is 5.91 Å². The number of carbonyl (C=O) groups is 2. The smallest absolute Gasteiger partial charge is 0.335 e. The van der Waals surface area contributed by atoms with Crippen LogP contribution in [0.3, 0.4) is 0 Å².